The van der Waals surface area contributed by atoms with E-state index in [1.54, 1.807) is 4.90 Å². The van der Waals surface area contributed by atoms with E-state index in [-0.39, 0.29) is 17.9 Å². The number of nitrogens with zero attached hydrogens (tertiary/aromatic N) is 1. The van der Waals surface area contributed by atoms with Crippen LogP contribution in [0.3, 0.4) is 0 Å². The average Bonchev–Trinajstić information content (AvgIpc) is 2.48. The van der Waals surface area contributed by atoms with Crippen molar-refractivity contribution in [3.63, 3.8) is 0 Å². The Bertz CT molecular complexity index is 499. The molecule has 1 N–H and O–H groups in total. The van der Waals surface area contributed by atoms with Crippen LogP contribution in [-0.2, 0) is 9.59 Å². The Morgan fingerprint density at radius 1 is 1.19 bits per heavy atom. The number of piperazine rings is 1. The van der Waals surface area contributed by atoms with Crippen molar-refractivity contribution in [2.24, 2.45) is 5.92 Å². The van der Waals surface area contributed by atoms with Gasteiger partial charge in [-0.25, -0.2) is 0 Å². The van der Waals surface area contributed by atoms with E-state index in [4.69, 9.17) is 0 Å². The Labute approximate surface area is 126 Å². The fourth-order valence-corrected chi connectivity index (χ4v) is 2.70. The molecule has 2 unspecified atom stereocenters. The first-order valence-electron chi connectivity index (χ1n) is 7.70. The lowest BCUT2D eigenvalue weighted by Crippen LogP contribution is -2.59. The number of amides is 2. The Balaban J connectivity index is 2.23. The Kier molecular flexibility index (Phi) is 4.99. The zero-order valence-electron chi connectivity index (χ0n) is 13.0. The molecule has 1 saturated heterocycles. The highest BCUT2D eigenvalue weighted by Gasteiger charge is 2.39. The van der Waals surface area contributed by atoms with Crippen LogP contribution in [0.15, 0.2) is 30.3 Å². The zero-order valence-corrected chi connectivity index (χ0v) is 13.0. The molecule has 1 aliphatic heterocycles. The standard InChI is InChI=1S/C17H24N2O2/c1-4-14-16(20)18-15(13-8-6-5-7-9-13)17(21)19(14)11-10-12(2)3/h5-9,12,14-15H,4,10-11H2,1-3H3,(H,18,20). The van der Waals surface area contributed by atoms with Crippen molar-refractivity contribution in [3.8, 4) is 0 Å². The number of carbonyl (C=O) groups is 2. The van der Waals surface area contributed by atoms with Crippen LogP contribution in [0.1, 0.15) is 45.2 Å². The fraction of sp³-hybridized carbons (Fsp3) is 0.529. The third-order valence-electron chi connectivity index (χ3n) is 3.96. The van der Waals surface area contributed by atoms with Gasteiger partial charge in [0.15, 0.2) is 0 Å². The third-order valence-corrected chi connectivity index (χ3v) is 3.96. The van der Waals surface area contributed by atoms with E-state index in [0.717, 1.165) is 12.0 Å². The van der Waals surface area contributed by atoms with Gasteiger partial charge in [-0.3, -0.25) is 9.59 Å². The normalized spacial score (nSPS) is 22.6. The minimum Gasteiger partial charge on any atom is -0.339 e. The summed E-state index contributed by atoms with van der Waals surface area (Å²) in [4.78, 5) is 26.8. The van der Waals surface area contributed by atoms with Crippen LogP contribution in [-0.4, -0.2) is 29.3 Å². The van der Waals surface area contributed by atoms with Crippen LogP contribution in [0.2, 0.25) is 0 Å². The first kappa shape index (κ1) is 15.5. The second kappa shape index (κ2) is 6.74. The van der Waals surface area contributed by atoms with Crippen LogP contribution in [0.5, 0.6) is 0 Å². The first-order valence-corrected chi connectivity index (χ1v) is 7.70. The maximum Gasteiger partial charge on any atom is 0.250 e. The maximum atomic E-state index is 12.8. The molecular weight excluding hydrogens is 264 g/mol. The molecule has 4 nitrogen and oxygen atoms in total. The molecule has 0 bridgehead atoms. The number of hydrogen-bond acceptors (Lipinski definition) is 2. The van der Waals surface area contributed by atoms with Gasteiger partial charge in [-0.05, 0) is 24.3 Å². The molecule has 0 aliphatic carbocycles. The van der Waals surface area contributed by atoms with Crippen LogP contribution in [0.4, 0.5) is 0 Å². The highest BCUT2D eigenvalue weighted by molar-refractivity contribution is 5.97. The molecule has 1 aliphatic rings. The van der Waals surface area contributed by atoms with Gasteiger partial charge < -0.3 is 10.2 Å². The number of hydrogen-bond donors (Lipinski definition) is 1. The monoisotopic (exact) mass is 288 g/mol. The molecule has 1 aromatic carbocycles. The summed E-state index contributed by atoms with van der Waals surface area (Å²) in [7, 11) is 0. The van der Waals surface area contributed by atoms with Crippen LogP contribution < -0.4 is 5.32 Å². The van der Waals surface area contributed by atoms with Gasteiger partial charge in [0.05, 0.1) is 0 Å². The second-order valence-corrected chi connectivity index (χ2v) is 5.99. The van der Waals surface area contributed by atoms with Crippen molar-refractivity contribution < 1.29 is 9.59 Å². The molecule has 2 amide bonds. The highest BCUT2D eigenvalue weighted by Crippen LogP contribution is 2.24. The smallest absolute Gasteiger partial charge is 0.250 e. The number of rotatable bonds is 5. The minimum atomic E-state index is -0.548. The van der Waals surface area contributed by atoms with Crippen molar-refractivity contribution in [2.45, 2.75) is 45.7 Å². The molecule has 2 rings (SSSR count). The lowest BCUT2D eigenvalue weighted by molar-refractivity contribution is -0.149. The Hall–Kier alpha value is -1.84. The van der Waals surface area contributed by atoms with Gasteiger partial charge in [-0.15, -0.1) is 0 Å². The average molecular weight is 288 g/mol. The summed E-state index contributed by atoms with van der Waals surface area (Å²) >= 11 is 0. The summed E-state index contributed by atoms with van der Waals surface area (Å²) in [6.07, 6.45) is 1.56. The summed E-state index contributed by atoms with van der Waals surface area (Å²) in [6.45, 7) is 6.85. The molecule has 1 fully saturated rings. The molecule has 2 atom stereocenters. The van der Waals surface area contributed by atoms with E-state index >= 15 is 0 Å². The molecule has 4 heteroatoms. The SMILES string of the molecule is CCC1C(=O)NC(c2ccccc2)C(=O)N1CCC(C)C. The summed E-state index contributed by atoms with van der Waals surface area (Å²) in [5, 5.41) is 2.87. The predicted molar refractivity (Wildman–Crippen MR) is 82.6 cm³/mol. The van der Waals surface area contributed by atoms with E-state index in [2.05, 4.69) is 19.2 Å². The van der Waals surface area contributed by atoms with Crippen LogP contribution in [0, 0.1) is 5.92 Å². The van der Waals surface area contributed by atoms with E-state index in [1.807, 2.05) is 37.3 Å². The van der Waals surface area contributed by atoms with Crippen LogP contribution >= 0.6 is 0 Å². The summed E-state index contributed by atoms with van der Waals surface area (Å²) < 4.78 is 0. The van der Waals surface area contributed by atoms with Crippen LogP contribution in [0.25, 0.3) is 0 Å². The number of carbonyl (C=O) groups excluding carboxylic acids is 2. The van der Waals surface area contributed by atoms with Crippen molar-refractivity contribution in [2.75, 3.05) is 6.54 Å². The minimum absolute atomic E-state index is 0.00769. The molecule has 1 aromatic rings. The first-order chi connectivity index (χ1) is 10.0. The Morgan fingerprint density at radius 2 is 1.86 bits per heavy atom. The van der Waals surface area contributed by atoms with E-state index in [1.165, 1.54) is 0 Å². The fourth-order valence-electron chi connectivity index (χ4n) is 2.70. The van der Waals surface area contributed by atoms with E-state index in [9.17, 15) is 9.59 Å². The van der Waals surface area contributed by atoms with Crippen molar-refractivity contribution in [3.05, 3.63) is 35.9 Å². The van der Waals surface area contributed by atoms with Crippen molar-refractivity contribution in [1.29, 1.82) is 0 Å². The number of nitrogens with one attached hydrogen (secondary N) is 1. The largest absolute Gasteiger partial charge is 0.339 e. The van der Waals surface area contributed by atoms with Gasteiger partial charge in [-0.1, -0.05) is 51.1 Å². The number of benzene rings is 1. The molecule has 0 aromatic heterocycles. The quantitative estimate of drug-likeness (QED) is 0.905. The van der Waals surface area contributed by atoms with Gasteiger partial charge in [0.25, 0.3) is 0 Å². The van der Waals surface area contributed by atoms with Gasteiger partial charge in [0.1, 0.15) is 12.1 Å². The second-order valence-electron chi connectivity index (χ2n) is 5.99. The molecule has 0 radical (unpaired) electrons. The summed E-state index contributed by atoms with van der Waals surface area (Å²) in [5.74, 6) is 0.471. The summed E-state index contributed by atoms with van der Waals surface area (Å²) in [5.41, 5.74) is 0.847. The topological polar surface area (TPSA) is 49.4 Å². The predicted octanol–water partition coefficient (Wildman–Crippen LogP) is 2.51. The van der Waals surface area contributed by atoms with Crippen molar-refractivity contribution >= 4 is 11.8 Å². The molecule has 0 spiro atoms. The zero-order chi connectivity index (χ0) is 15.4. The summed E-state index contributed by atoms with van der Waals surface area (Å²) in [6, 6.07) is 8.57. The van der Waals surface area contributed by atoms with Gasteiger partial charge in [-0.2, -0.15) is 0 Å². The maximum absolute atomic E-state index is 12.8. The highest BCUT2D eigenvalue weighted by atomic mass is 16.2. The van der Waals surface area contributed by atoms with Gasteiger partial charge in [0, 0.05) is 6.54 Å². The van der Waals surface area contributed by atoms with E-state index < -0.39 is 6.04 Å². The molecule has 114 valence electrons. The van der Waals surface area contributed by atoms with Crippen molar-refractivity contribution in [1.82, 2.24) is 10.2 Å². The molecular formula is C17H24N2O2. The molecule has 0 saturated carbocycles. The molecule has 1 heterocycles. The lowest BCUT2D eigenvalue weighted by atomic mass is 9.98. The Morgan fingerprint density at radius 3 is 2.43 bits per heavy atom. The lowest BCUT2D eigenvalue weighted by Gasteiger charge is -2.39. The van der Waals surface area contributed by atoms with Gasteiger partial charge >= 0.3 is 0 Å². The van der Waals surface area contributed by atoms with Gasteiger partial charge in [0.2, 0.25) is 11.8 Å². The molecule has 21 heavy (non-hydrogen) atoms. The third kappa shape index (κ3) is 3.43. The van der Waals surface area contributed by atoms with E-state index in [0.29, 0.717) is 18.9 Å².